The SMILES string of the molecule is O=C(NC1Cc2cc3c(cc2C1)OCO3)C1CCCCN1. The van der Waals surface area contributed by atoms with E-state index < -0.39 is 0 Å². The van der Waals surface area contributed by atoms with Gasteiger partial charge in [0, 0.05) is 6.04 Å². The van der Waals surface area contributed by atoms with Crippen molar-refractivity contribution in [2.45, 2.75) is 44.2 Å². The Bertz CT molecular complexity index is 534. The fourth-order valence-corrected chi connectivity index (χ4v) is 3.49. The summed E-state index contributed by atoms with van der Waals surface area (Å²) in [6.45, 7) is 1.26. The average molecular weight is 288 g/mol. The number of fused-ring (bicyclic) bond motifs is 2. The van der Waals surface area contributed by atoms with Gasteiger partial charge in [-0.1, -0.05) is 6.42 Å². The van der Waals surface area contributed by atoms with Crippen molar-refractivity contribution in [2.75, 3.05) is 13.3 Å². The monoisotopic (exact) mass is 288 g/mol. The fourth-order valence-electron chi connectivity index (χ4n) is 3.49. The molecular weight excluding hydrogens is 268 g/mol. The quantitative estimate of drug-likeness (QED) is 0.857. The van der Waals surface area contributed by atoms with Crippen LogP contribution in [-0.2, 0) is 17.6 Å². The van der Waals surface area contributed by atoms with Crippen LogP contribution in [-0.4, -0.2) is 31.3 Å². The zero-order valence-electron chi connectivity index (χ0n) is 12.0. The van der Waals surface area contributed by atoms with Gasteiger partial charge in [0.1, 0.15) is 0 Å². The van der Waals surface area contributed by atoms with Crippen LogP contribution in [0.5, 0.6) is 11.5 Å². The summed E-state index contributed by atoms with van der Waals surface area (Å²) in [5.74, 6) is 1.80. The summed E-state index contributed by atoms with van der Waals surface area (Å²) in [7, 11) is 0. The van der Waals surface area contributed by atoms with E-state index in [-0.39, 0.29) is 18.0 Å². The largest absolute Gasteiger partial charge is 0.454 e. The Morgan fingerprint density at radius 1 is 1.14 bits per heavy atom. The first-order valence-electron chi connectivity index (χ1n) is 7.75. The van der Waals surface area contributed by atoms with Gasteiger partial charge in [-0.15, -0.1) is 0 Å². The Balaban J connectivity index is 1.41. The Labute approximate surface area is 124 Å². The van der Waals surface area contributed by atoms with Crippen molar-refractivity contribution in [3.63, 3.8) is 0 Å². The van der Waals surface area contributed by atoms with Crippen LogP contribution in [0.1, 0.15) is 30.4 Å². The first-order chi connectivity index (χ1) is 10.3. The summed E-state index contributed by atoms with van der Waals surface area (Å²) < 4.78 is 10.8. The molecule has 5 nitrogen and oxygen atoms in total. The van der Waals surface area contributed by atoms with Gasteiger partial charge in [0.15, 0.2) is 11.5 Å². The number of amides is 1. The van der Waals surface area contributed by atoms with Crippen LogP contribution in [0.25, 0.3) is 0 Å². The highest BCUT2D eigenvalue weighted by Crippen LogP contribution is 2.38. The molecule has 1 unspecified atom stereocenters. The Morgan fingerprint density at radius 3 is 2.48 bits per heavy atom. The van der Waals surface area contributed by atoms with Crippen molar-refractivity contribution in [3.05, 3.63) is 23.3 Å². The molecule has 1 atom stereocenters. The van der Waals surface area contributed by atoms with E-state index in [4.69, 9.17) is 9.47 Å². The van der Waals surface area contributed by atoms with E-state index in [1.165, 1.54) is 17.5 Å². The van der Waals surface area contributed by atoms with Gasteiger partial charge in [-0.25, -0.2) is 0 Å². The van der Waals surface area contributed by atoms with Gasteiger partial charge >= 0.3 is 0 Å². The molecule has 0 spiro atoms. The van der Waals surface area contributed by atoms with Crippen LogP contribution in [0.3, 0.4) is 0 Å². The van der Waals surface area contributed by atoms with Gasteiger partial charge in [0.05, 0.1) is 6.04 Å². The maximum atomic E-state index is 12.3. The second-order valence-electron chi connectivity index (χ2n) is 6.09. The molecule has 1 aromatic carbocycles. The molecule has 2 aliphatic heterocycles. The van der Waals surface area contributed by atoms with Crippen molar-refractivity contribution < 1.29 is 14.3 Å². The molecule has 4 rings (SSSR count). The molecule has 0 bridgehead atoms. The van der Waals surface area contributed by atoms with Crippen LogP contribution >= 0.6 is 0 Å². The number of piperidine rings is 1. The maximum absolute atomic E-state index is 12.3. The minimum atomic E-state index is -0.0147. The standard InChI is InChI=1S/C16H20N2O3/c19-16(13-3-1-2-4-17-13)18-12-5-10-7-14-15(21-9-20-14)8-11(10)6-12/h7-8,12-13,17H,1-6,9H2,(H,18,19). The van der Waals surface area contributed by atoms with E-state index in [0.29, 0.717) is 6.79 Å². The number of nitrogens with one attached hydrogen (secondary N) is 2. The highest BCUT2D eigenvalue weighted by Gasteiger charge is 2.29. The Hall–Kier alpha value is -1.75. The van der Waals surface area contributed by atoms with E-state index in [1.54, 1.807) is 0 Å². The molecule has 1 amide bonds. The predicted octanol–water partition coefficient (Wildman–Crippen LogP) is 1.14. The first kappa shape index (κ1) is 13.0. The molecule has 1 fully saturated rings. The molecule has 0 aromatic heterocycles. The molecule has 1 saturated heterocycles. The third-order valence-corrected chi connectivity index (χ3v) is 4.60. The molecule has 0 radical (unpaired) electrons. The van der Waals surface area contributed by atoms with Gasteiger partial charge in [-0.2, -0.15) is 0 Å². The van der Waals surface area contributed by atoms with Crippen molar-refractivity contribution >= 4 is 5.91 Å². The molecule has 5 heteroatoms. The average Bonchev–Trinajstić information content (AvgIpc) is 3.10. The number of carbonyl (C=O) groups is 1. The first-order valence-corrected chi connectivity index (χ1v) is 7.75. The minimum absolute atomic E-state index is 0.0147. The Kier molecular flexibility index (Phi) is 3.22. The molecule has 3 aliphatic rings. The van der Waals surface area contributed by atoms with Gasteiger partial charge in [0.2, 0.25) is 12.7 Å². The minimum Gasteiger partial charge on any atom is -0.454 e. The highest BCUT2D eigenvalue weighted by atomic mass is 16.7. The number of hydrogen-bond acceptors (Lipinski definition) is 4. The second kappa shape index (κ2) is 5.22. The van der Waals surface area contributed by atoms with Crippen molar-refractivity contribution in [1.29, 1.82) is 0 Å². The number of hydrogen-bond donors (Lipinski definition) is 2. The number of ether oxygens (including phenoxy) is 2. The lowest BCUT2D eigenvalue weighted by molar-refractivity contribution is -0.124. The van der Waals surface area contributed by atoms with E-state index in [1.807, 2.05) is 0 Å². The summed E-state index contributed by atoms with van der Waals surface area (Å²) in [5, 5.41) is 6.49. The lowest BCUT2D eigenvalue weighted by Crippen LogP contribution is -2.49. The van der Waals surface area contributed by atoms with E-state index in [9.17, 15) is 4.79 Å². The van der Waals surface area contributed by atoms with Crippen LogP contribution in [0.4, 0.5) is 0 Å². The lowest BCUT2D eigenvalue weighted by atomic mass is 10.0. The third-order valence-electron chi connectivity index (χ3n) is 4.60. The van der Waals surface area contributed by atoms with Gasteiger partial charge in [-0.3, -0.25) is 4.79 Å². The van der Waals surface area contributed by atoms with Crippen LogP contribution < -0.4 is 20.1 Å². The van der Waals surface area contributed by atoms with Crippen molar-refractivity contribution in [3.8, 4) is 11.5 Å². The smallest absolute Gasteiger partial charge is 0.237 e. The number of benzene rings is 1. The van der Waals surface area contributed by atoms with Crippen LogP contribution in [0.15, 0.2) is 12.1 Å². The van der Waals surface area contributed by atoms with Crippen molar-refractivity contribution in [2.24, 2.45) is 0 Å². The lowest BCUT2D eigenvalue weighted by Gasteiger charge is -2.24. The van der Waals surface area contributed by atoms with Crippen molar-refractivity contribution in [1.82, 2.24) is 10.6 Å². The van der Waals surface area contributed by atoms with Gasteiger partial charge in [-0.05, 0) is 55.5 Å². The van der Waals surface area contributed by atoms with Gasteiger partial charge < -0.3 is 20.1 Å². The summed E-state index contributed by atoms with van der Waals surface area (Å²) in [5.41, 5.74) is 2.53. The Morgan fingerprint density at radius 2 is 1.86 bits per heavy atom. The molecule has 0 saturated carbocycles. The molecule has 21 heavy (non-hydrogen) atoms. The summed E-state index contributed by atoms with van der Waals surface area (Å²) >= 11 is 0. The molecule has 2 heterocycles. The van der Waals surface area contributed by atoms with Crippen LogP contribution in [0, 0.1) is 0 Å². The third kappa shape index (κ3) is 2.46. The van der Waals surface area contributed by atoms with Crippen LogP contribution in [0.2, 0.25) is 0 Å². The zero-order chi connectivity index (χ0) is 14.2. The normalized spacial score (nSPS) is 23.9. The second-order valence-corrected chi connectivity index (χ2v) is 6.09. The molecule has 112 valence electrons. The molecule has 1 aromatic rings. The molecule has 2 N–H and O–H groups in total. The maximum Gasteiger partial charge on any atom is 0.237 e. The van der Waals surface area contributed by atoms with Gasteiger partial charge in [0.25, 0.3) is 0 Å². The summed E-state index contributed by atoms with van der Waals surface area (Å²) in [6, 6.07) is 4.30. The predicted molar refractivity (Wildman–Crippen MR) is 77.5 cm³/mol. The summed E-state index contributed by atoms with van der Waals surface area (Å²) in [6.07, 6.45) is 5.01. The zero-order valence-corrected chi connectivity index (χ0v) is 12.0. The van der Waals surface area contributed by atoms with E-state index in [0.717, 1.165) is 43.7 Å². The number of carbonyl (C=O) groups excluding carboxylic acids is 1. The molecule has 1 aliphatic carbocycles. The number of rotatable bonds is 2. The molecular formula is C16H20N2O3. The summed E-state index contributed by atoms with van der Waals surface area (Å²) in [4.78, 5) is 12.3. The fraction of sp³-hybridized carbons (Fsp3) is 0.562. The topological polar surface area (TPSA) is 59.6 Å². The highest BCUT2D eigenvalue weighted by molar-refractivity contribution is 5.82. The van der Waals surface area contributed by atoms with E-state index >= 15 is 0 Å². The van der Waals surface area contributed by atoms with E-state index in [2.05, 4.69) is 22.8 Å².